The van der Waals surface area contributed by atoms with E-state index in [1.165, 1.54) is 62.7 Å². The lowest BCUT2D eigenvalue weighted by molar-refractivity contribution is 0.299. The van der Waals surface area contributed by atoms with E-state index in [4.69, 9.17) is 9.47 Å². The van der Waals surface area contributed by atoms with E-state index >= 15 is 0 Å². The Hall–Kier alpha value is -2.00. The Bertz CT molecular complexity index is 669. The minimum absolute atomic E-state index is 0.687. The highest BCUT2D eigenvalue weighted by Gasteiger charge is 2.02. The molecule has 0 saturated carbocycles. The average molecular weight is 398 g/mol. The van der Waals surface area contributed by atoms with Crippen molar-refractivity contribution < 1.29 is 9.47 Å². The summed E-state index contributed by atoms with van der Waals surface area (Å²) in [5.41, 5.74) is 2.35. The predicted octanol–water partition coefficient (Wildman–Crippen LogP) is 6.81. The maximum atomic E-state index is 5.92. The zero-order chi connectivity index (χ0) is 20.7. The Balaban J connectivity index is 1.60. The highest BCUT2D eigenvalue weighted by Crippen LogP contribution is 2.26. The fourth-order valence-electron chi connectivity index (χ4n) is 3.42. The first kappa shape index (κ1) is 23.3. The van der Waals surface area contributed by atoms with E-state index < -0.39 is 0 Å². The molecule has 0 aliphatic carbocycles. The summed E-state index contributed by atoms with van der Waals surface area (Å²) in [4.78, 5) is 2.46. The van der Waals surface area contributed by atoms with Gasteiger partial charge in [-0.1, -0.05) is 56.9 Å². The van der Waals surface area contributed by atoms with Gasteiger partial charge in [-0.25, -0.2) is 0 Å². The summed E-state index contributed by atoms with van der Waals surface area (Å²) in [6.45, 7) is 8.22. The van der Waals surface area contributed by atoms with Gasteiger partial charge in [-0.15, -0.1) is 0 Å². The molecule has 0 N–H and O–H groups in total. The maximum absolute atomic E-state index is 5.92. The number of unbranched alkanes of at least 4 members (excludes halogenated alkanes) is 5. The summed E-state index contributed by atoms with van der Waals surface area (Å²) in [6.07, 6.45) is 8.92. The van der Waals surface area contributed by atoms with Crippen LogP contribution in [0, 0.1) is 0 Å². The predicted molar refractivity (Wildman–Crippen MR) is 124 cm³/mol. The zero-order valence-electron chi connectivity index (χ0n) is 18.7. The molecule has 0 spiro atoms. The molecule has 3 nitrogen and oxygen atoms in total. The first-order valence-corrected chi connectivity index (χ1v) is 11.4. The van der Waals surface area contributed by atoms with E-state index in [1.54, 1.807) is 0 Å². The molecule has 29 heavy (non-hydrogen) atoms. The Morgan fingerprint density at radius 3 is 2.17 bits per heavy atom. The molecule has 2 rings (SSSR count). The molecule has 0 atom stereocenters. The van der Waals surface area contributed by atoms with Crippen LogP contribution in [0.1, 0.15) is 58.8 Å². The number of rotatable bonds is 15. The first-order valence-electron chi connectivity index (χ1n) is 11.4. The average Bonchev–Trinajstić information content (AvgIpc) is 2.75. The van der Waals surface area contributed by atoms with Gasteiger partial charge >= 0.3 is 0 Å². The number of nitrogens with zero attached hydrogens (tertiary/aromatic N) is 1. The molecule has 160 valence electrons. The van der Waals surface area contributed by atoms with Crippen molar-refractivity contribution in [2.24, 2.45) is 0 Å². The molecule has 2 aromatic carbocycles. The number of hydrogen-bond acceptors (Lipinski definition) is 3. The van der Waals surface area contributed by atoms with E-state index in [1.807, 2.05) is 19.1 Å². The Labute approximate surface area is 178 Å². The number of benzene rings is 2. The molecular formula is C26H39NO2. The van der Waals surface area contributed by atoms with Crippen molar-refractivity contribution in [1.29, 1.82) is 0 Å². The van der Waals surface area contributed by atoms with Gasteiger partial charge in [0.1, 0.15) is 11.5 Å². The Kier molecular flexibility index (Phi) is 11.3. The van der Waals surface area contributed by atoms with Crippen LogP contribution < -0.4 is 9.47 Å². The summed E-state index contributed by atoms with van der Waals surface area (Å²) < 4.78 is 11.5. The zero-order valence-corrected chi connectivity index (χ0v) is 18.7. The molecule has 0 bridgehead atoms. The van der Waals surface area contributed by atoms with Crippen LogP contribution in [-0.2, 0) is 0 Å². The Morgan fingerprint density at radius 2 is 1.41 bits per heavy atom. The molecule has 0 unspecified atom stereocenters. The second-order valence-corrected chi connectivity index (χ2v) is 7.76. The molecule has 0 fully saturated rings. The van der Waals surface area contributed by atoms with Crippen molar-refractivity contribution >= 4 is 0 Å². The second-order valence-electron chi connectivity index (χ2n) is 7.76. The second kappa shape index (κ2) is 14.1. The fourth-order valence-corrected chi connectivity index (χ4v) is 3.42. The Morgan fingerprint density at radius 1 is 0.690 bits per heavy atom. The highest BCUT2D eigenvalue weighted by molar-refractivity contribution is 5.65. The van der Waals surface area contributed by atoms with Crippen molar-refractivity contribution in [3.05, 3.63) is 48.5 Å². The van der Waals surface area contributed by atoms with Crippen molar-refractivity contribution in [2.45, 2.75) is 58.8 Å². The van der Waals surface area contributed by atoms with Crippen molar-refractivity contribution in [3.8, 4) is 22.6 Å². The van der Waals surface area contributed by atoms with E-state index in [2.05, 4.69) is 55.3 Å². The lowest BCUT2D eigenvalue weighted by Crippen LogP contribution is -2.20. The summed E-state index contributed by atoms with van der Waals surface area (Å²) in [5, 5.41) is 0. The smallest absolute Gasteiger partial charge is 0.119 e. The fraction of sp³-hybridized carbons (Fsp3) is 0.538. The summed E-state index contributed by atoms with van der Waals surface area (Å²) >= 11 is 0. The normalized spacial score (nSPS) is 11.0. The number of hydrogen-bond donors (Lipinski definition) is 0. The van der Waals surface area contributed by atoms with Crippen LogP contribution >= 0.6 is 0 Å². The molecule has 0 aliphatic heterocycles. The number of ether oxygens (including phenoxy) is 2. The van der Waals surface area contributed by atoms with Crippen LogP contribution in [-0.4, -0.2) is 38.3 Å². The third-order valence-electron chi connectivity index (χ3n) is 5.18. The van der Waals surface area contributed by atoms with Crippen LogP contribution in [0.4, 0.5) is 0 Å². The standard InChI is InChI=1S/C26H39NO2/c1-4-6-19-27(3)20-10-8-7-9-11-21-29-25-17-15-23(16-18-25)24-13-12-14-26(22-24)28-5-2/h12-18,22H,4-11,19-21H2,1-3H3. The first-order chi connectivity index (χ1) is 14.2. The van der Waals surface area contributed by atoms with E-state index in [0.29, 0.717) is 6.61 Å². The van der Waals surface area contributed by atoms with E-state index in [0.717, 1.165) is 24.5 Å². The van der Waals surface area contributed by atoms with Crippen molar-refractivity contribution in [2.75, 3.05) is 33.4 Å². The highest BCUT2D eigenvalue weighted by atomic mass is 16.5. The van der Waals surface area contributed by atoms with Gasteiger partial charge in [0, 0.05) is 0 Å². The minimum Gasteiger partial charge on any atom is -0.494 e. The van der Waals surface area contributed by atoms with Gasteiger partial charge in [0.05, 0.1) is 13.2 Å². The molecule has 2 aromatic rings. The van der Waals surface area contributed by atoms with E-state index in [9.17, 15) is 0 Å². The molecule has 0 amide bonds. The monoisotopic (exact) mass is 397 g/mol. The van der Waals surface area contributed by atoms with Crippen molar-refractivity contribution in [3.63, 3.8) is 0 Å². The van der Waals surface area contributed by atoms with Gasteiger partial charge in [-0.05, 0) is 81.7 Å². The van der Waals surface area contributed by atoms with Gasteiger partial charge in [0.15, 0.2) is 0 Å². The quantitative estimate of drug-likeness (QED) is 0.308. The van der Waals surface area contributed by atoms with Crippen molar-refractivity contribution in [1.82, 2.24) is 4.90 Å². The third kappa shape index (κ3) is 9.36. The van der Waals surface area contributed by atoms with Crippen LogP contribution in [0.25, 0.3) is 11.1 Å². The summed E-state index contributed by atoms with van der Waals surface area (Å²) in [7, 11) is 2.24. The SMILES string of the molecule is CCCCN(C)CCCCCCCOc1ccc(-c2cccc(OCC)c2)cc1. The largest absolute Gasteiger partial charge is 0.494 e. The van der Waals surface area contributed by atoms with Gasteiger partial charge in [-0.3, -0.25) is 0 Å². The lowest BCUT2D eigenvalue weighted by Gasteiger charge is -2.15. The third-order valence-corrected chi connectivity index (χ3v) is 5.18. The maximum Gasteiger partial charge on any atom is 0.119 e. The minimum atomic E-state index is 0.687. The molecule has 0 aromatic heterocycles. The van der Waals surface area contributed by atoms with Gasteiger partial charge < -0.3 is 14.4 Å². The summed E-state index contributed by atoms with van der Waals surface area (Å²) in [5.74, 6) is 1.87. The lowest BCUT2D eigenvalue weighted by atomic mass is 10.1. The van der Waals surface area contributed by atoms with Gasteiger partial charge in [-0.2, -0.15) is 0 Å². The van der Waals surface area contributed by atoms with Gasteiger partial charge in [0.25, 0.3) is 0 Å². The van der Waals surface area contributed by atoms with Crippen LogP contribution in [0.5, 0.6) is 11.5 Å². The van der Waals surface area contributed by atoms with Gasteiger partial charge in [0.2, 0.25) is 0 Å². The van der Waals surface area contributed by atoms with E-state index in [-0.39, 0.29) is 0 Å². The molecule has 0 saturated heterocycles. The van der Waals surface area contributed by atoms with Crippen LogP contribution in [0.2, 0.25) is 0 Å². The molecule has 0 radical (unpaired) electrons. The molecule has 0 aliphatic rings. The topological polar surface area (TPSA) is 21.7 Å². The molecule has 0 heterocycles. The molecular weight excluding hydrogens is 358 g/mol. The van der Waals surface area contributed by atoms with Crippen LogP contribution in [0.3, 0.4) is 0 Å². The molecule has 3 heteroatoms. The summed E-state index contributed by atoms with van der Waals surface area (Å²) in [6, 6.07) is 16.6. The van der Waals surface area contributed by atoms with Crippen LogP contribution in [0.15, 0.2) is 48.5 Å².